The van der Waals surface area contributed by atoms with Gasteiger partial charge < -0.3 is 14.2 Å². The lowest BCUT2D eigenvalue weighted by molar-refractivity contribution is -0.276. The molecular weight excluding hydrogens is 1230 g/mol. The minimum absolute atomic E-state index is 0.152. The van der Waals surface area contributed by atoms with Crippen molar-refractivity contribution in [1.29, 1.82) is 0 Å². The summed E-state index contributed by atoms with van der Waals surface area (Å²) in [6.07, 6.45) is -8.14. The fourth-order valence-electron chi connectivity index (χ4n) is 8.01. The van der Waals surface area contributed by atoms with E-state index in [1.807, 2.05) is 37.5 Å². The summed E-state index contributed by atoms with van der Waals surface area (Å²) in [5.74, 6) is -21.9. The molecule has 0 saturated carbocycles. The highest BCUT2D eigenvalue weighted by Crippen LogP contribution is 2.41. The minimum atomic E-state index is -5.42. The number of halogens is 22. The van der Waals surface area contributed by atoms with Crippen LogP contribution in [0.25, 0.3) is 22.5 Å². The Hall–Kier alpha value is -9.40. The van der Waals surface area contributed by atoms with Crippen LogP contribution in [0.15, 0.2) is 97.3 Å². The van der Waals surface area contributed by atoms with E-state index in [4.69, 9.17) is 0 Å². The number of rotatable bonds is 15. The van der Waals surface area contributed by atoms with E-state index >= 15 is 0 Å². The SMILES string of the molecule is CCCCc1cc(F)c(-c2cc(F)c(C(F)(F)Oc3cc(F)c(C#Cc4cc(F)c(F)c(F)c4)c(F)c3)c(F)c2)c(F)c1.CCCCc1cnc(-c2cc(F)c(C(F)(F)Oc3cc(F)c(C#Cc4cc(F)c(OC(F)(F)F)c(F)c4)c(F)c3)c(F)c2)nc1. The third-order valence-electron chi connectivity index (χ3n) is 12.0. The van der Waals surface area contributed by atoms with Crippen molar-refractivity contribution in [2.45, 2.75) is 71.0 Å². The van der Waals surface area contributed by atoms with Crippen LogP contribution in [0.2, 0.25) is 0 Å². The van der Waals surface area contributed by atoms with E-state index in [2.05, 4.69) is 24.2 Å². The molecule has 1 aromatic heterocycles. The molecule has 8 aromatic rings. The number of hydrogen-bond acceptors (Lipinski definition) is 5. The molecule has 0 aliphatic carbocycles. The standard InChI is InChI=1S/C31H17F11O.C30H17F11N2O2/c1-2-3-4-15-7-22(34)28(23(35)8-15)17-11-24(36)29(25(37)12-17)31(41,42)43-18-13-20(32)19(21(33)14-18)6-5-16-9-26(38)30(40)27(39)10-16;1-2-3-4-16-13-42-28(43-14-16)17-9-22(33)26(23(34)10-17)29(37,38)44-18-11-20(31)19(21(32)12-18)6-5-15-7-24(35)27(25(36)8-15)45-30(39,40)41/h7-14H,2-4H2,1H3;7-14H,2-4H2,1H3. The van der Waals surface area contributed by atoms with Crippen molar-refractivity contribution in [3.05, 3.63) is 229 Å². The molecule has 0 spiro atoms. The molecular formula is C61H34F22N2O3. The Balaban J connectivity index is 0.000000251. The Morgan fingerprint density at radius 3 is 1.11 bits per heavy atom. The highest BCUT2D eigenvalue weighted by atomic mass is 19.4. The van der Waals surface area contributed by atoms with Crippen LogP contribution in [0.5, 0.6) is 17.2 Å². The van der Waals surface area contributed by atoms with E-state index in [1.165, 1.54) is 12.4 Å². The molecule has 0 fully saturated rings. The van der Waals surface area contributed by atoms with Crippen LogP contribution in [-0.4, -0.2) is 16.3 Å². The summed E-state index contributed by atoms with van der Waals surface area (Å²) in [6, 6.07) is 5.73. The summed E-state index contributed by atoms with van der Waals surface area (Å²) in [7, 11) is 0. The van der Waals surface area contributed by atoms with Gasteiger partial charge in [-0.1, -0.05) is 50.4 Å². The molecule has 5 nitrogen and oxygen atoms in total. The molecule has 0 bridgehead atoms. The van der Waals surface area contributed by atoms with E-state index in [0.29, 0.717) is 43.5 Å². The van der Waals surface area contributed by atoms with Gasteiger partial charge in [-0.2, -0.15) is 17.6 Å². The fourth-order valence-corrected chi connectivity index (χ4v) is 8.01. The Kier molecular flexibility index (Phi) is 20.4. The average molecular weight is 1260 g/mol. The zero-order chi connectivity index (χ0) is 64.7. The van der Waals surface area contributed by atoms with Crippen molar-refractivity contribution in [1.82, 2.24) is 9.97 Å². The highest BCUT2D eigenvalue weighted by molar-refractivity contribution is 5.66. The lowest BCUT2D eigenvalue weighted by Gasteiger charge is -2.20. The van der Waals surface area contributed by atoms with Crippen molar-refractivity contribution in [2.75, 3.05) is 0 Å². The average Bonchev–Trinajstić information content (AvgIpc) is 2.70. The Labute approximate surface area is 483 Å². The van der Waals surface area contributed by atoms with Crippen LogP contribution in [0, 0.1) is 111 Å². The molecule has 0 radical (unpaired) electrons. The number of benzene rings is 7. The third-order valence-corrected chi connectivity index (χ3v) is 12.0. The second-order valence-electron chi connectivity index (χ2n) is 18.5. The molecule has 0 saturated heterocycles. The fraction of sp³-hybridized carbons (Fsp3) is 0.180. The molecule has 0 atom stereocenters. The number of aromatic nitrogens is 2. The van der Waals surface area contributed by atoms with Gasteiger partial charge in [0.25, 0.3) is 0 Å². The van der Waals surface area contributed by atoms with E-state index < -0.39 is 168 Å². The van der Waals surface area contributed by atoms with Crippen LogP contribution >= 0.6 is 0 Å². The van der Waals surface area contributed by atoms with Crippen molar-refractivity contribution in [3.63, 3.8) is 0 Å². The maximum Gasteiger partial charge on any atom is 0.573 e. The summed E-state index contributed by atoms with van der Waals surface area (Å²) in [6.45, 7) is 3.83. The predicted molar refractivity (Wildman–Crippen MR) is 269 cm³/mol. The van der Waals surface area contributed by atoms with Crippen molar-refractivity contribution < 1.29 is 111 Å². The molecule has 460 valence electrons. The summed E-state index contributed by atoms with van der Waals surface area (Å²) < 4.78 is 322. The van der Waals surface area contributed by atoms with Gasteiger partial charge in [-0.3, -0.25) is 0 Å². The quantitative estimate of drug-likeness (QED) is 0.0582. The number of alkyl halides is 7. The first-order valence-corrected chi connectivity index (χ1v) is 25.1. The van der Waals surface area contributed by atoms with Gasteiger partial charge in [-0.15, -0.1) is 13.2 Å². The van der Waals surface area contributed by atoms with Crippen molar-refractivity contribution >= 4 is 0 Å². The largest absolute Gasteiger partial charge is 0.573 e. The molecule has 27 heteroatoms. The molecule has 88 heavy (non-hydrogen) atoms. The van der Waals surface area contributed by atoms with Gasteiger partial charge in [-0.25, -0.2) is 75.8 Å². The first kappa shape index (κ1) is 66.1. The second-order valence-corrected chi connectivity index (χ2v) is 18.5. The van der Waals surface area contributed by atoms with Crippen LogP contribution in [-0.2, 0) is 25.1 Å². The summed E-state index contributed by atoms with van der Waals surface area (Å²) in [5.41, 5.74) is -8.07. The van der Waals surface area contributed by atoms with Gasteiger partial charge in [-0.05, 0) is 103 Å². The van der Waals surface area contributed by atoms with E-state index in [-0.39, 0.29) is 65.5 Å². The van der Waals surface area contributed by atoms with Gasteiger partial charge in [0.05, 0.1) is 16.7 Å². The number of hydrogen-bond donors (Lipinski definition) is 0. The second kappa shape index (κ2) is 27.1. The smallest absolute Gasteiger partial charge is 0.429 e. The zero-order valence-corrected chi connectivity index (χ0v) is 44.4. The van der Waals surface area contributed by atoms with E-state index in [9.17, 15) is 96.6 Å². The minimum Gasteiger partial charge on any atom is -0.429 e. The zero-order valence-electron chi connectivity index (χ0n) is 44.4. The van der Waals surface area contributed by atoms with E-state index in [1.54, 1.807) is 0 Å². The number of unbranched alkanes of at least 4 members (excludes halogenated alkanes) is 2. The topological polar surface area (TPSA) is 53.5 Å². The van der Waals surface area contributed by atoms with Gasteiger partial charge >= 0.3 is 18.6 Å². The van der Waals surface area contributed by atoms with E-state index in [0.717, 1.165) is 37.0 Å². The maximum atomic E-state index is 14.9. The Morgan fingerprint density at radius 1 is 0.375 bits per heavy atom. The Bertz CT molecular complexity index is 3910. The van der Waals surface area contributed by atoms with Gasteiger partial charge in [0.1, 0.15) is 80.8 Å². The summed E-state index contributed by atoms with van der Waals surface area (Å²) in [4.78, 5) is 7.98. The first-order valence-electron chi connectivity index (χ1n) is 25.1. The predicted octanol–water partition coefficient (Wildman–Crippen LogP) is 18.2. The van der Waals surface area contributed by atoms with Gasteiger partial charge in [0.2, 0.25) is 5.75 Å². The molecule has 0 N–H and O–H groups in total. The number of nitrogens with zero attached hydrogens (tertiary/aromatic N) is 2. The lowest BCUT2D eigenvalue weighted by Crippen LogP contribution is -2.25. The molecule has 7 aromatic carbocycles. The molecule has 8 rings (SSSR count). The van der Waals surface area contributed by atoms with Gasteiger partial charge in [0.15, 0.2) is 34.9 Å². The molecule has 0 amide bonds. The van der Waals surface area contributed by atoms with Crippen LogP contribution in [0.3, 0.4) is 0 Å². The first-order chi connectivity index (χ1) is 41.3. The lowest BCUT2D eigenvalue weighted by atomic mass is 9.98. The molecule has 0 aliphatic heterocycles. The molecule has 0 aliphatic rings. The normalized spacial score (nSPS) is 11.5. The number of aryl methyl sites for hydroxylation is 2. The van der Waals surface area contributed by atoms with Crippen LogP contribution in [0.4, 0.5) is 96.6 Å². The van der Waals surface area contributed by atoms with Crippen LogP contribution in [0.1, 0.15) is 84.0 Å². The van der Waals surface area contributed by atoms with Gasteiger partial charge in [0, 0.05) is 53.3 Å². The van der Waals surface area contributed by atoms with Crippen LogP contribution < -0.4 is 14.2 Å². The van der Waals surface area contributed by atoms with Crippen molar-refractivity contribution in [2.24, 2.45) is 0 Å². The maximum absolute atomic E-state index is 14.9. The van der Waals surface area contributed by atoms with Crippen molar-refractivity contribution in [3.8, 4) is 63.4 Å². The summed E-state index contributed by atoms with van der Waals surface area (Å²) in [5, 5.41) is 0. The number of ether oxygens (including phenoxy) is 3. The summed E-state index contributed by atoms with van der Waals surface area (Å²) >= 11 is 0. The highest BCUT2D eigenvalue weighted by Gasteiger charge is 2.43. The third kappa shape index (κ3) is 16.0. The molecule has 0 unspecified atom stereocenters. The molecule has 1 heterocycles. The monoisotopic (exact) mass is 1260 g/mol. The Morgan fingerprint density at radius 2 is 0.739 bits per heavy atom.